The number of benzene rings is 1. The van der Waals surface area contributed by atoms with Crippen LogP contribution >= 0.6 is 27.5 Å². The van der Waals surface area contributed by atoms with Crippen LogP contribution in [0.2, 0.25) is 5.02 Å². The van der Waals surface area contributed by atoms with Crippen molar-refractivity contribution in [2.24, 2.45) is 0 Å². The van der Waals surface area contributed by atoms with Gasteiger partial charge in [0.2, 0.25) is 0 Å². The summed E-state index contributed by atoms with van der Waals surface area (Å²) in [4.78, 5) is 6.76. The molecule has 0 unspecified atom stereocenters. The highest BCUT2D eigenvalue weighted by Gasteiger charge is 2.34. The number of halogens is 2. The van der Waals surface area contributed by atoms with Crippen molar-refractivity contribution in [2.45, 2.75) is 25.4 Å². The van der Waals surface area contributed by atoms with Crippen LogP contribution in [-0.2, 0) is 5.60 Å². The molecule has 3 rings (SSSR count). The molecular formula is C17H18BrClN2O. The predicted molar refractivity (Wildman–Crippen MR) is 93.5 cm³/mol. The van der Waals surface area contributed by atoms with Crippen molar-refractivity contribution in [2.75, 3.05) is 18.0 Å². The van der Waals surface area contributed by atoms with Crippen LogP contribution in [0.4, 0.5) is 5.82 Å². The molecule has 0 atom stereocenters. The Balaban J connectivity index is 1.75. The van der Waals surface area contributed by atoms with Gasteiger partial charge in [-0.2, -0.15) is 0 Å². The fraction of sp³-hybridized carbons (Fsp3) is 0.353. The van der Waals surface area contributed by atoms with Gasteiger partial charge in [-0.1, -0.05) is 23.7 Å². The van der Waals surface area contributed by atoms with Crippen molar-refractivity contribution in [3.63, 3.8) is 0 Å². The molecule has 3 nitrogen and oxygen atoms in total. The number of aliphatic hydroxyl groups is 1. The number of nitrogens with zero attached hydrogens (tertiary/aromatic N) is 2. The first-order chi connectivity index (χ1) is 10.5. The lowest BCUT2D eigenvalue weighted by Crippen LogP contribution is -2.43. The molecule has 0 saturated carbocycles. The molecule has 2 heterocycles. The Morgan fingerprint density at radius 3 is 2.45 bits per heavy atom. The van der Waals surface area contributed by atoms with Crippen LogP contribution in [0.15, 0.2) is 41.0 Å². The molecule has 1 aliphatic rings. The Hall–Kier alpha value is -1.10. The van der Waals surface area contributed by atoms with Gasteiger partial charge >= 0.3 is 0 Å². The van der Waals surface area contributed by atoms with Gasteiger partial charge in [-0.15, -0.1) is 0 Å². The SMILES string of the molecule is Cc1cc(Br)cnc1N1CCC(O)(c2ccc(Cl)cc2)CC1. The maximum Gasteiger partial charge on any atom is 0.131 e. The van der Waals surface area contributed by atoms with E-state index in [0.717, 1.165) is 34.5 Å². The standard InChI is InChI=1S/C17H18BrClN2O/c1-12-10-14(18)11-20-16(12)21-8-6-17(22,7-9-21)13-2-4-15(19)5-3-13/h2-5,10-11,22H,6-9H2,1H3. The minimum absolute atomic E-state index is 0.686. The maximum absolute atomic E-state index is 10.9. The molecule has 0 aliphatic carbocycles. The van der Waals surface area contributed by atoms with Gasteiger partial charge in [0.25, 0.3) is 0 Å². The molecule has 22 heavy (non-hydrogen) atoms. The first-order valence-corrected chi connectivity index (χ1v) is 8.50. The summed E-state index contributed by atoms with van der Waals surface area (Å²) in [5.41, 5.74) is 1.31. The molecule has 0 bridgehead atoms. The number of aryl methyl sites for hydroxylation is 1. The molecule has 1 aliphatic heterocycles. The van der Waals surface area contributed by atoms with E-state index in [1.165, 1.54) is 0 Å². The van der Waals surface area contributed by atoms with Gasteiger partial charge in [-0.05, 0) is 65.0 Å². The Bertz CT molecular complexity index is 667. The normalized spacial score (nSPS) is 17.5. The fourth-order valence-corrected chi connectivity index (χ4v) is 3.57. The second-order valence-corrected chi connectivity index (χ2v) is 7.17. The Morgan fingerprint density at radius 2 is 1.86 bits per heavy atom. The number of hydrogen-bond donors (Lipinski definition) is 1. The number of pyridine rings is 1. The predicted octanol–water partition coefficient (Wildman–Crippen LogP) is 4.29. The van der Waals surface area contributed by atoms with Crippen LogP contribution < -0.4 is 4.90 Å². The molecule has 1 N–H and O–H groups in total. The van der Waals surface area contributed by atoms with E-state index in [0.29, 0.717) is 17.9 Å². The zero-order valence-electron chi connectivity index (χ0n) is 12.4. The first kappa shape index (κ1) is 15.8. The van der Waals surface area contributed by atoms with Crippen LogP contribution in [0.25, 0.3) is 0 Å². The van der Waals surface area contributed by atoms with E-state index in [9.17, 15) is 5.11 Å². The number of anilines is 1. The van der Waals surface area contributed by atoms with Gasteiger partial charge < -0.3 is 10.0 Å². The lowest BCUT2D eigenvalue weighted by Gasteiger charge is -2.39. The summed E-state index contributed by atoms with van der Waals surface area (Å²) >= 11 is 9.37. The third-order valence-corrected chi connectivity index (χ3v) is 4.97. The summed E-state index contributed by atoms with van der Waals surface area (Å²) in [6.07, 6.45) is 3.19. The Labute approximate surface area is 144 Å². The molecule has 1 aromatic heterocycles. The largest absolute Gasteiger partial charge is 0.385 e. The minimum Gasteiger partial charge on any atom is -0.385 e. The Morgan fingerprint density at radius 1 is 1.23 bits per heavy atom. The van der Waals surface area contributed by atoms with Crippen molar-refractivity contribution in [1.29, 1.82) is 0 Å². The number of aromatic nitrogens is 1. The van der Waals surface area contributed by atoms with Crippen molar-refractivity contribution in [3.05, 3.63) is 57.2 Å². The summed E-state index contributed by atoms with van der Waals surface area (Å²) < 4.78 is 0.989. The second kappa shape index (κ2) is 6.19. The highest BCUT2D eigenvalue weighted by molar-refractivity contribution is 9.10. The molecule has 1 fully saturated rings. The fourth-order valence-electron chi connectivity index (χ4n) is 3.00. The zero-order valence-corrected chi connectivity index (χ0v) is 14.7. The van der Waals surface area contributed by atoms with Crippen LogP contribution in [0, 0.1) is 6.92 Å². The monoisotopic (exact) mass is 380 g/mol. The smallest absolute Gasteiger partial charge is 0.131 e. The highest BCUT2D eigenvalue weighted by Crippen LogP contribution is 2.35. The van der Waals surface area contributed by atoms with E-state index in [2.05, 4.69) is 38.8 Å². The highest BCUT2D eigenvalue weighted by atomic mass is 79.9. The molecule has 1 saturated heterocycles. The van der Waals surface area contributed by atoms with E-state index < -0.39 is 5.60 Å². The van der Waals surface area contributed by atoms with Crippen LogP contribution in [-0.4, -0.2) is 23.2 Å². The van der Waals surface area contributed by atoms with Crippen molar-refractivity contribution >= 4 is 33.3 Å². The van der Waals surface area contributed by atoms with Crippen LogP contribution in [0.1, 0.15) is 24.0 Å². The lowest BCUT2D eigenvalue weighted by atomic mass is 9.84. The van der Waals surface area contributed by atoms with Gasteiger partial charge in [-0.25, -0.2) is 4.98 Å². The van der Waals surface area contributed by atoms with Gasteiger partial charge in [-0.3, -0.25) is 0 Å². The van der Waals surface area contributed by atoms with E-state index in [-0.39, 0.29) is 0 Å². The summed E-state index contributed by atoms with van der Waals surface area (Å²) in [5, 5.41) is 11.6. The molecule has 0 spiro atoms. The van der Waals surface area contributed by atoms with Crippen molar-refractivity contribution in [3.8, 4) is 0 Å². The number of hydrogen-bond acceptors (Lipinski definition) is 3. The van der Waals surface area contributed by atoms with E-state index in [4.69, 9.17) is 11.6 Å². The van der Waals surface area contributed by atoms with Crippen LogP contribution in [0.3, 0.4) is 0 Å². The topological polar surface area (TPSA) is 36.4 Å². The molecule has 2 aromatic rings. The van der Waals surface area contributed by atoms with E-state index in [1.807, 2.05) is 30.5 Å². The third kappa shape index (κ3) is 3.14. The molecular weight excluding hydrogens is 364 g/mol. The number of rotatable bonds is 2. The molecule has 116 valence electrons. The van der Waals surface area contributed by atoms with Crippen molar-refractivity contribution < 1.29 is 5.11 Å². The summed E-state index contributed by atoms with van der Waals surface area (Å²) in [6, 6.07) is 9.58. The average Bonchev–Trinajstić information content (AvgIpc) is 2.49. The lowest BCUT2D eigenvalue weighted by molar-refractivity contribution is 0.0116. The third-order valence-electron chi connectivity index (χ3n) is 4.29. The van der Waals surface area contributed by atoms with Crippen molar-refractivity contribution in [1.82, 2.24) is 4.98 Å². The van der Waals surface area contributed by atoms with E-state index >= 15 is 0 Å². The summed E-state index contributed by atoms with van der Waals surface area (Å²) in [7, 11) is 0. The minimum atomic E-state index is -0.773. The average molecular weight is 382 g/mol. The summed E-state index contributed by atoms with van der Waals surface area (Å²) in [6.45, 7) is 3.64. The Kier molecular flexibility index (Phi) is 4.44. The molecule has 1 aromatic carbocycles. The van der Waals surface area contributed by atoms with Gasteiger partial charge in [0.15, 0.2) is 0 Å². The molecule has 0 amide bonds. The number of piperidine rings is 1. The first-order valence-electron chi connectivity index (χ1n) is 7.33. The molecule has 5 heteroatoms. The van der Waals surface area contributed by atoms with Gasteiger partial charge in [0, 0.05) is 28.8 Å². The second-order valence-electron chi connectivity index (χ2n) is 5.82. The van der Waals surface area contributed by atoms with E-state index in [1.54, 1.807) is 0 Å². The van der Waals surface area contributed by atoms with Gasteiger partial charge in [0.05, 0.1) is 5.60 Å². The van der Waals surface area contributed by atoms with Gasteiger partial charge in [0.1, 0.15) is 5.82 Å². The van der Waals surface area contributed by atoms with Crippen LogP contribution in [0.5, 0.6) is 0 Å². The quantitative estimate of drug-likeness (QED) is 0.843. The zero-order chi connectivity index (χ0) is 15.7. The maximum atomic E-state index is 10.9. The molecule has 0 radical (unpaired) electrons. The summed E-state index contributed by atoms with van der Waals surface area (Å²) in [5.74, 6) is 1.00.